The highest BCUT2D eigenvalue weighted by Crippen LogP contribution is 2.33. The number of fused-ring (bicyclic) bond motifs is 2. The molecular weight excluding hydrogens is 480 g/mol. The van der Waals surface area contributed by atoms with Gasteiger partial charge in [-0.05, 0) is 60.6 Å². The fourth-order valence-corrected chi connectivity index (χ4v) is 5.05. The van der Waals surface area contributed by atoms with E-state index in [-0.39, 0.29) is 57.8 Å². The summed E-state index contributed by atoms with van der Waals surface area (Å²) in [7, 11) is 0. The maximum Gasteiger partial charge on any atom is 0.335 e. The first-order valence-corrected chi connectivity index (χ1v) is 11.8. The van der Waals surface area contributed by atoms with Gasteiger partial charge in [0.1, 0.15) is 0 Å². The van der Waals surface area contributed by atoms with Gasteiger partial charge in [-0.3, -0.25) is 29.0 Å². The summed E-state index contributed by atoms with van der Waals surface area (Å²) in [6, 6.07) is 7.73. The van der Waals surface area contributed by atoms with E-state index in [0.717, 1.165) is 9.80 Å². The third kappa shape index (κ3) is 4.74. The SMILES string of the molecule is CC(CN1C(=O)c2ccc(C(=O)O)cc2C1=O)CC(C)(C)CCN1C(=O)c2ccc(C(=O)O)cc2C1=O. The molecule has 2 aromatic carbocycles. The van der Waals surface area contributed by atoms with Crippen molar-refractivity contribution in [1.82, 2.24) is 9.80 Å². The molecular formula is C27H26N2O8. The third-order valence-corrected chi connectivity index (χ3v) is 6.84. The summed E-state index contributed by atoms with van der Waals surface area (Å²) in [4.78, 5) is 75.8. The highest BCUT2D eigenvalue weighted by atomic mass is 16.4. The average Bonchev–Trinajstić information content (AvgIpc) is 3.21. The number of carbonyl (C=O) groups is 6. The van der Waals surface area contributed by atoms with Crippen molar-refractivity contribution >= 4 is 35.6 Å². The Morgan fingerprint density at radius 2 is 1.19 bits per heavy atom. The van der Waals surface area contributed by atoms with Gasteiger partial charge in [-0.1, -0.05) is 20.8 Å². The molecule has 192 valence electrons. The number of rotatable bonds is 9. The van der Waals surface area contributed by atoms with Crippen molar-refractivity contribution in [3.63, 3.8) is 0 Å². The summed E-state index contributed by atoms with van der Waals surface area (Å²) in [5.41, 5.74) is 0.0131. The lowest BCUT2D eigenvalue weighted by molar-refractivity contribution is 0.0584. The van der Waals surface area contributed by atoms with Crippen molar-refractivity contribution in [2.75, 3.05) is 13.1 Å². The first-order valence-electron chi connectivity index (χ1n) is 11.8. The number of aromatic carboxylic acids is 2. The van der Waals surface area contributed by atoms with Gasteiger partial charge >= 0.3 is 11.9 Å². The Bertz CT molecular complexity index is 1380. The molecule has 1 unspecified atom stereocenters. The molecule has 1 atom stereocenters. The standard InChI is InChI=1S/C27H26N2O8/c1-14(13-29-22(31)18-7-5-16(26(36)37)11-20(18)24(29)33)12-27(2,3)8-9-28-21(30)17-6-4-15(25(34)35)10-19(17)23(28)32/h4-7,10-11,14H,8-9,12-13H2,1-3H3,(H,34,35)(H,36,37). The molecule has 0 fully saturated rings. The van der Waals surface area contributed by atoms with Gasteiger partial charge in [-0.15, -0.1) is 0 Å². The molecule has 4 rings (SSSR count). The molecule has 0 saturated carbocycles. The van der Waals surface area contributed by atoms with Crippen LogP contribution in [0.4, 0.5) is 0 Å². The van der Waals surface area contributed by atoms with Crippen LogP contribution in [-0.2, 0) is 0 Å². The van der Waals surface area contributed by atoms with E-state index in [1.54, 1.807) is 0 Å². The summed E-state index contributed by atoms with van der Waals surface area (Å²) >= 11 is 0. The fraction of sp³-hybridized carbons (Fsp3) is 0.333. The second-order valence-electron chi connectivity index (χ2n) is 10.3. The molecule has 2 heterocycles. The van der Waals surface area contributed by atoms with Crippen molar-refractivity contribution in [2.45, 2.75) is 33.6 Å². The van der Waals surface area contributed by atoms with Crippen LogP contribution in [0.15, 0.2) is 36.4 Å². The number of amides is 4. The zero-order chi connectivity index (χ0) is 27.2. The summed E-state index contributed by atoms with van der Waals surface area (Å²) < 4.78 is 0. The molecule has 0 saturated heterocycles. The van der Waals surface area contributed by atoms with Crippen molar-refractivity contribution in [3.05, 3.63) is 69.8 Å². The second kappa shape index (κ2) is 9.27. The molecule has 0 radical (unpaired) electrons. The van der Waals surface area contributed by atoms with E-state index >= 15 is 0 Å². The van der Waals surface area contributed by atoms with E-state index < -0.39 is 35.6 Å². The lowest BCUT2D eigenvalue weighted by Gasteiger charge is -2.31. The second-order valence-corrected chi connectivity index (χ2v) is 10.3. The third-order valence-electron chi connectivity index (χ3n) is 6.84. The number of hydrogen-bond donors (Lipinski definition) is 2. The van der Waals surface area contributed by atoms with Crippen molar-refractivity contribution in [3.8, 4) is 0 Å². The Balaban J connectivity index is 1.38. The van der Waals surface area contributed by atoms with Crippen molar-refractivity contribution in [1.29, 1.82) is 0 Å². The van der Waals surface area contributed by atoms with E-state index in [9.17, 15) is 33.9 Å². The Morgan fingerprint density at radius 1 is 0.757 bits per heavy atom. The van der Waals surface area contributed by atoms with Crippen LogP contribution in [0.1, 0.15) is 95.8 Å². The van der Waals surface area contributed by atoms with Crippen LogP contribution in [0.2, 0.25) is 0 Å². The van der Waals surface area contributed by atoms with Gasteiger partial charge in [0.15, 0.2) is 0 Å². The monoisotopic (exact) mass is 506 g/mol. The van der Waals surface area contributed by atoms with Gasteiger partial charge in [0, 0.05) is 13.1 Å². The van der Waals surface area contributed by atoms with Crippen LogP contribution in [-0.4, -0.2) is 68.7 Å². The molecule has 10 heteroatoms. The number of hydrogen-bond acceptors (Lipinski definition) is 6. The molecule has 0 bridgehead atoms. The zero-order valence-corrected chi connectivity index (χ0v) is 20.6. The number of carbonyl (C=O) groups excluding carboxylic acids is 4. The minimum atomic E-state index is -1.18. The summed E-state index contributed by atoms with van der Waals surface area (Å²) in [5, 5.41) is 18.3. The fourth-order valence-electron chi connectivity index (χ4n) is 5.05. The lowest BCUT2D eigenvalue weighted by Crippen LogP contribution is -2.36. The molecule has 0 aromatic heterocycles. The van der Waals surface area contributed by atoms with E-state index in [4.69, 9.17) is 5.11 Å². The van der Waals surface area contributed by atoms with Crippen LogP contribution in [0, 0.1) is 11.3 Å². The Labute approximate surface area is 212 Å². The highest BCUT2D eigenvalue weighted by molar-refractivity contribution is 6.22. The molecule has 4 amide bonds. The maximum atomic E-state index is 12.8. The first kappa shape index (κ1) is 25.7. The molecule has 2 aliphatic rings. The van der Waals surface area contributed by atoms with Gasteiger partial charge in [-0.2, -0.15) is 0 Å². The molecule has 2 N–H and O–H groups in total. The first-order chi connectivity index (χ1) is 17.3. The molecule has 2 aromatic rings. The van der Waals surface area contributed by atoms with Crippen LogP contribution >= 0.6 is 0 Å². The number of carboxylic acid groups (broad SMARTS) is 2. The van der Waals surface area contributed by atoms with Gasteiger partial charge < -0.3 is 10.2 Å². The summed E-state index contributed by atoms with van der Waals surface area (Å²) in [5.74, 6) is -4.47. The number of nitrogens with zero attached hydrogens (tertiary/aromatic N) is 2. The van der Waals surface area contributed by atoms with Gasteiger partial charge in [0.2, 0.25) is 0 Å². The van der Waals surface area contributed by atoms with Crippen LogP contribution in [0.25, 0.3) is 0 Å². The highest BCUT2D eigenvalue weighted by Gasteiger charge is 2.39. The van der Waals surface area contributed by atoms with Crippen LogP contribution < -0.4 is 0 Å². The predicted octanol–water partition coefficient (Wildman–Crippen LogP) is 3.42. The quantitative estimate of drug-likeness (QED) is 0.491. The molecule has 0 aliphatic carbocycles. The lowest BCUT2D eigenvalue weighted by atomic mass is 9.80. The van der Waals surface area contributed by atoms with Crippen LogP contribution in [0.3, 0.4) is 0 Å². The van der Waals surface area contributed by atoms with E-state index in [0.29, 0.717) is 12.8 Å². The molecule has 2 aliphatic heterocycles. The molecule has 37 heavy (non-hydrogen) atoms. The number of carboxylic acids is 2. The van der Waals surface area contributed by atoms with E-state index in [1.165, 1.54) is 36.4 Å². The largest absolute Gasteiger partial charge is 0.478 e. The Hall–Kier alpha value is -4.34. The Morgan fingerprint density at radius 3 is 1.68 bits per heavy atom. The summed E-state index contributed by atoms with van der Waals surface area (Å²) in [6.07, 6.45) is 1.03. The maximum absolute atomic E-state index is 12.8. The van der Waals surface area contributed by atoms with E-state index in [1.807, 2.05) is 20.8 Å². The normalized spacial score (nSPS) is 15.8. The summed E-state index contributed by atoms with van der Waals surface area (Å²) in [6.45, 7) is 6.10. The molecule has 0 spiro atoms. The average molecular weight is 507 g/mol. The smallest absolute Gasteiger partial charge is 0.335 e. The Kier molecular flexibility index (Phi) is 6.45. The van der Waals surface area contributed by atoms with Crippen molar-refractivity contribution < 1.29 is 39.0 Å². The van der Waals surface area contributed by atoms with Gasteiger partial charge in [-0.25, -0.2) is 9.59 Å². The zero-order valence-electron chi connectivity index (χ0n) is 20.6. The van der Waals surface area contributed by atoms with Crippen LogP contribution in [0.5, 0.6) is 0 Å². The van der Waals surface area contributed by atoms with E-state index in [2.05, 4.69) is 0 Å². The number of imide groups is 2. The number of benzene rings is 2. The van der Waals surface area contributed by atoms with Crippen molar-refractivity contribution in [2.24, 2.45) is 11.3 Å². The predicted molar refractivity (Wildman–Crippen MR) is 130 cm³/mol. The molecule has 10 nitrogen and oxygen atoms in total. The van der Waals surface area contributed by atoms with Gasteiger partial charge in [0.05, 0.1) is 33.4 Å². The minimum absolute atomic E-state index is 0.0664. The van der Waals surface area contributed by atoms with Gasteiger partial charge in [0.25, 0.3) is 23.6 Å². The minimum Gasteiger partial charge on any atom is -0.478 e. The topological polar surface area (TPSA) is 149 Å².